The number of amides is 1. The zero-order valence-corrected chi connectivity index (χ0v) is 10.0. The van der Waals surface area contributed by atoms with E-state index in [2.05, 4.69) is 5.10 Å². The lowest BCUT2D eigenvalue weighted by molar-refractivity contribution is -0.158. The van der Waals surface area contributed by atoms with Gasteiger partial charge >= 0.3 is 12.1 Å². The van der Waals surface area contributed by atoms with Gasteiger partial charge in [-0.25, -0.2) is 4.79 Å². The number of fused-ring (bicyclic) bond motifs is 1. The topological polar surface area (TPSA) is 58.9 Å². The standard InChI is InChI=1S/C11H10F3N2O3/c1-6(17)16(18)9-5-7(19-2)3-4-8(9)10(15-16)11(12,13)14/h3-5,18H,1-2H3/q+1. The van der Waals surface area contributed by atoms with Crippen LogP contribution in [0.15, 0.2) is 23.3 Å². The van der Waals surface area contributed by atoms with Crippen LogP contribution >= 0.6 is 0 Å². The molecule has 8 heteroatoms. The molecule has 1 aromatic rings. The monoisotopic (exact) mass is 275 g/mol. The van der Waals surface area contributed by atoms with Crippen molar-refractivity contribution in [2.75, 3.05) is 7.11 Å². The number of rotatable bonds is 1. The van der Waals surface area contributed by atoms with Gasteiger partial charge in [0, 0.05) is 10.8 Å². The van der Waals surface area contributed by atoms with Crippen molar-refractivity contribution in [3.63, 3.8) is 0 Å². The van der Waals surface area contributed by atoms with Crippen LogP contribution in [0.3, 0.4) is 0 Å². The Bertz CT molecular complexity index is 583. The van der Waals surface area contributed by atoms with Gasteiger partial charge in [-0.2, -0.15) is 18.4 Å². The molecular weight excluding hydrogens is 265 g/mol. The summed E-state index contributed by atoms with van der Waals surface area (Å²) < 4.78 is 41.6. The fourth-order valence-electron chi connectivity index (χ4n) is 1.80. The molecular formula is C11H10F3N2O3+. The Balaban J connectivity index is 2.70. The lowest BCUT2D eigenvalue weighted by atomic mass is 10.1. The number of hydroxylamine groups is 1. The van der Waals surface area contributed by atoms with Crippen molar-refractivity contribution in [1.29, 1.82) is 0 Å². The van der Waals surface area contributed by atoms with Crippen molar-refractivity contribution in [3.05, 3.63) is 23.8 Å². The summed E-state index contributed by atoms with van der Waals surface area (Å²) in [6.45, 7) is 0.950. The summed E-state index contributed by atoms with van der Waals surface area (Å²) in [7, 11) is 1.32. The van der Waals surface area contributed by atoms with Gasteiger partial charge in [-0.1, -0.05) is 0 Å². The molecule has 1 aliphatic rings. The van der Waals surface area contributed by atoms with E-state index in [1.807, 2.05) is 0 Å². The van der Waals surface area contributed by atoms with Crippen LogP contribution in [-0.4, -0.2) is 30.1 Å². The molecule has 1 amide bonds. The lowest BCUT2D eigenvalue weighted by Gasteiger charge is -2.15. The van der Waals surface area contributed by atoms with Crippen LogP contribution in [0.5, 0.6) is 5.75 Å². The maximum atomic E-state index is 12.8. The van der Waals surface area contributed by atoms with E-state index in [0.29, 0.717) is 0 Å². The van der Waals surface area contributed by atoms with Gasteiger partial charge in [-0.05, 0) is 17.2 Å². The summed E-state index contributed by atoms with van der Waals surface area (Å²) >= 11 is 0. The highest BCUT2D eigenvalue weighted by Crippen LogP contribution is 2.40. The van der Waals surface area contributed by atoms with Gasteiger partial charge in [0.2, 0.25) is 11.4 Å². The molecule has 0 bridgehead atoms. The summed E-state index contributed by atoms with van der Waals surface area (Å²) in [5.41, 5.74) is -1.91. The fraction of sp³-hybridized carbons (Fsp3) is 0.273. The van der Waals surface area contributed by atoms with E-state index >= 15 is 0 Å². The van der Waals surface area contributed by atoms with Crippen molar-refractivity contribution in [2.24, 2.45) is 5.10 Å². The molecule has 0 saturated heterocycles. The highest BCUT2D eigenvalue weighted by molar-refractivity contribution is 6.13. The first-order chi connectivity index (χ1) is 8.70. The molecule has 1 N–H and O–H groups in total. The third-order valence-corrected chi connectivity index (χ3v) is 2.75. The minimum absolute atomic E-state index is 0.218. The number of quaternary nitrogens is 1. The molecule has 1 atom stereocenters. The lowest BCUT2D eigenvalue weighted by Crippen LogP contribution is -2.43. The number of ether oxygens (including phenoxy) is 1. The molecule has 1 heterocycles. The number of benzene rings is 1. The summed E-state index contributed by atoms with van der Waals surface area (Å²) in [5.74, 6) is -0.732. The van der Waals surface area contributed by atoms with E-state index in [1.165, 1.54) is 13.2 Å². The van der Waals surface area contributed by atoms with E-state index in [0.717, 1.165) is 19.1 Å². The molecule has 1 aliphatic heterocycles. The maximum Gasteiger partial charge on any atom is 0.439 e. The second-order valence-electron chi connectivity index (χ2n) is 3.95. The Kier molecular flexibility index (Phi) is 2.87. The predicted molar refractivity (Wildman–Crippen MR) is 59.8 cm³/mol. The van der Waals surface area contributed by atoms with Crippen molar-refractivity contribution >= 4 is 17.3 Å². The van der Waals surface area contributed by atoms with Gasteiger partial charge in [-0.15, -0.1) is 0 Å². The Hall–Kier alpha value is -1.93. The quantitative estimate of drug-likeness (QED) is 0.631. The molecule has 19 heavy (non-hydrogen) atoms. The van der Waals surface area contributed by atoms with E-state index in [4.69, 9.17) is 4.74 Å². The second kappa shape index (κ2) is 4.04. The Morgan fingerprint density at radius 1 is 1.42 bits per heavy atom. The smallest absolute Gasteiger partial charge is 0.439 e. The molecule has 1 unspecified atom stereocenters. The van der Waals surface area contributed by atoms with Crippen molar-refractivity contribution in [2.45, 2.75) is 13.1 Å². The molecule has 0 spiro atoms. The SMILES string of the molecule is COc1ccc2c(c1)[N+](O)(C(C)=O)N=C2C(F)(F)F. The van der Waals surface area contributed by atoms with Crippen LogP contribution < -0.4 is 9.49 Å². The molecule has 0 saturated carbocycles. The molecule has 0 aliphatic carbocycles. The number of methoxy groups -OCH3 is 1. The number of nitrogens with zero attached hydrogens (tertiary/aromatic N) is 2. The minimum atomic E-state index is -4.76. The Morgan fingerprint density at radius 3 is 2.53 bits per heavy atom. The van der Waals surface area contributed by atoms with Gasteiger partial charge < -0.3 is 4.74 Å². The van der Waals surface area contributed by atoms with Crippen LogP contribution in [0.1, 0.15) is 12.5 Å². The molecule has 0 aromatic heterocycles. The first kappa shape index (κ1) is 13.5. The van der Waals surface area contributed by atoms with E-state index in [9.17, 15) is 23.2 Å². The molecule has 5 nitrogen and oxygen atoms in total. The molecule has 0 fully saturated rings. The first-order valence-electron chi connectivity index (χ1n) is 5.19. The summed E-state index contributed by atoms with van der Waals surface area (Å²) in [6, 6.07) is 3.56. The normalized spacial score (nSPS) is 21.9. The summed E-state index contributed by atoms with van der Waals surface area (Å²) in [6.07, 6.45) is -4.76. The van der Waals surface area contributed by atoms with Crippen LogP contribution in [-0.2, 0) is 4.79 Å². The van der Waals surface area contributed by atoms with Crippen LogP contribution in [0.2, 0.25) is 0 Å². The highest BCUT2D eigenvalue weighted by atomic mass is 19.4. The average molecular weight is 275 g/mol. The van der Waals surface area contributed by atoms with E-state index < -0.39 is 22.6 Å². The van der Waals surface area contributed by atoms with Gasteiger partial charge in [0.15, 0.2) is 0 Å². The van der Waals surface area contributed by atoms with Crippen LogP contribution in [0.25, 0.3) is 0 Å². The van der Waals surface area contributed by atoms with Gasteiger partial charge in [-0.3, -0.25) is 0 Å². The fourth-order valence-corrected chi connectivity index (χ4v) is 1.80. The highest BCUT2D eigenvalue weighted by Gasteiger charge is 2.54. The predicted octanol–water partition coefficient (Wildman–Crippen LogP) is 2.22. The Morgan fingerprint density at radius 2 is 2.05 bits per heavy atom. The van der Waals surface area contributed by atoms with Crippen LogP contribution in [0.4, 0.5) is 18.9 Å². The summed E-state index contributed by atoms with van der Waals surface area (Å²) in [5, 5.41) is 13.1. The Labute approximate surface area is 106 Å². The van der Waals surface area contributed by atoms with Crippen LogP contribution in [0, 0.1) is 0 Å². The number of alkyl halides is 3. The third kappa shape index (κ3) is 1.98. The van der Waals surface area contributed by atoms with E-state index in [-0.39, 0.29) is 17.0 Å². The summed E-state index contributed by atoms with van der Waals surface area (Å²) in [4.78, 5) is 11.4. The molecule has 2 rings (SSSR count). The van der Waals surface area contributed by atoms with Gasteiger partial charge in [0.05, 0.1) is 19.6 Å². The number of carbonyl (C=O) groups excluding carboxylic acids is 1. The number of carbonyl (C=O) groups is 1. The number of hydrogen-bond donors (Lipinski definition) is 1. The van der Waals surface area contributed by atoms with Crippen molar-refractivity contribution < 1.29 is 27.9 Å². The minimum Gasteiger partial charge on any atom is -0.497 e. The third-order valence-electron chi connectivity index (χ3n) is 2.75. The van der Waals surface area contributed by atoms with E-state index in [1.54, 1.807) is 0 Å². The second-order valence-corrected chi connectivity index (χ2v) is 3.95. The van der Waals surface area contributed by atoms with Gasteiger partial charge in [0.25, 0.3) is 0 Å². The molecule has 1 aromatic carbocycles. The average Bonchev–Trinajstić information content (AvgIpc) is 2.64. The maximum absolute atomic E-state index is 12.8. The van der Waals surface area contributed by atoms with Crippen molar-refractivity contribution in [3.8, 4) is 5.75 Å². The molecule has 0 radical (unpaired) electrons. The number of halogens is 3. The largest absolute Gasteiger partial charge is 0.497 e. The molecule has 102 valence electrons. The first-order valence-corrected chi connectivity index (χ1v) is 5.19. The zero-order valence-electron chi connectivity index (χ0n) is 10.0. The van der Waals surface area contributed by atoms with Crippen molar-refractivity contribution in [1.82, 2.24) is 4.76 Å². The van der Waals surface area contributed by atoms with Gasteiger partial charge in [0.1, 0.15) is 5.75 Å². The number of hydrogen-bond acceptors (Lipinski definition) is 4. The zero-order chi connectivity index (χ0) is 14.4.